The first-order chi connectivity index (χ1) is 22.3. The maximum absolute atomic E-state index is 12.5. The van der Waals surface area contributed by atoms with Gasteiger partial charge < -0.3 is 48.5 Å². The SMILES string of the molecule is NCCNC(=O)Nc1ccc(CNC(=O)c2ccc(C(=O)NCc3ccc(NC(=O)NCCN)cc3)cc2)cc1.O=C(O)C(F)(F)F. The highest BCUT2D eigenvalue weighted by Gasteiger charge is 2.38. The molecule has 0 unspecified atom stereocenters. The third-order valence-corrected chi connectivity index (χ3v) is 5.84. The minimum absolute atomic E-state index is 0.277. The molecule has 11 N–H and O–H groups in total. The van der Waals surface area contributed by atoms with Crippen LogP contribution in [0.4, 0.5) is 34.1 Å². The van der Waals surface area contributed by atoms with Crippen molar-refractivity contribution in [1.29, 1.82) is 0 Å². The summed E-state index contributed by atoms with van der Waals surface area (Å²) in [6.45, 7) is 2.08. The van der Waals surface area contributed by atoms with E-state index < -0.39 is 12.1 Å². The number of alkyl halides is 3. The number of carboxylic acids is 1. The lowest BCUT2D eigenvalue weighted by atomic mass is 10.1. The molecule has 3 aromatic rings. The van der Waals surface area contributed by atoms with E-state index in [9.17, 15) is 32.3 Å². The Morgan fingerprint density at radius 2 is 0.894 bits per heavy atom. The first-order valence-electron chi connectivity index (χ1n) is 14.0. The minimum atomic E-state index is -5.08. The molecular formula is C30H35F3N8O6. The maximum Gasteiger partial charge on any atom is 0.490 e. The summed E-state index contributed by atoms with van der Waals surface area (Å²) >= 11 is 0. The second kappa shape index (κ2) is 19.0. The molecule has 252 valence electrons. The van der Waals surface area contributed by atoms with Crippen LogP contribution >= 0.6 is 0 Å². The van der Waals surface area contributed by atoms with Crippen LogP contribution in [-0.4, -0.2) is 67.3 Å². The summed E-state index contributed by atoms with van der Waals surface area (Å²) in [6, 6.07) is 19.9. The molecule has 3 aromatic carbocycles. The predicted molar refractivity (Wildman–Crippen MR) is 168 cm³/mol. The first kappa shape index (κ1) is 37.5. The molecule has 0 fully saturated rings. The Labute approximate surface area is 267 Å². The van der Waals surface area contributed by atoms with E-state index >= 15 is 0 Å². The zero-order valence-electron chi connectivity index (χ0n) is 24.9. The Bertz CT molecular complexity index is 1380. The van der Waals surface area contributed by atoms with Gasteiger partial charge in [-0.3, -0.25) is 9.59 Å². The molecule has 3 rings (SSSR count). The van der Waals surface area contributed by atoms with Crippen molar-refractivity contribution in [1.82, 2.24) is 21.3 Å². The number of nitrogens with one attached hydrogen (secondary N) is 6. The number of benzene rings is 3. The molecule has 6 amide bonds. The number of amides is 6. The molecule has 0 saturated heterocycles. The molecule has 47 heavy (non-hydrogen) atoms. The Morgan fingerprint density at radius 3 is 1.17 bits per heavy atom. The lowest BCUT2D eigenvalue weighted by Crippen LogP contribution is -2.32. The lowest BCUT2D eigenvalue weighted by Gasteiger charge is -2.10. The number of aliphatic carboxylic acids is 1. The van der Waals surface area contributed by atoms with E-state index in [2.05, 4.69) is 31.9 Å². The average Bonchev–Trinajstić information content (AvgIpc) is 3.05. The first-order valence-corrected chi connectivity index (χ1v) is 14.0. The van der Waals surface area contributed by atoms with E-state index in [1.807, 2.05) is 0 Å². The number of hydrogen-bond donors (Lipinski definition) is 9. The zero-order valence-corrected chi connectivity index (χ0v) is 24.9. The van der Waals surface area contributed by atoms with Crippen molar-refractivity contribution in [3.63, 3.8) is 0 Å². The average molecular weight is 661 g/mol. The Hall–Kier alpha value is -5.68. The summed E-state index contributed by atoms with van der Waals surface area (Å²) < 4.78 is 31.7. The Morgan fingerprint density at radius 1 is 0.574 bits per heavy atom. The zero-order chi connectivity index (χ0) is 34.8. The number of rotatable bonds is 12. The fraction of sp³-hybridized carbons (Fsp3) is 0.233. The highest BCUT2D eigenvalue weighted by molar-refractivity contribution is 5.98. The lowest BCUT2D eigenvalue weighted by molar-refractivity contribution is -0.192. The van der Waals surface area contributed by atoms with Crippen LogP contribution in [0.15, 0.2) is 72.8 Å². The van der Waals surface area contributed by atoms with Gasteiger partial charge in [-0.2, -0.15) is 13.2 Å². The molecule has 0 atom stereocenters. The molecule has 0 aliphatic heterocycles. The number of carbonyl (C=O) groups excluding carboxylic acids is 4. The van der Waals surface area contributed by atoms with E-state index in [0.717, 1.165) is 11.1 Å². The van der Waals surface area contributed by atoms with Crippen molar-refractivity contribution in [3.05, 3.63) is 95.1 Å². The predicted octanol–water partition coefficient (Wildman–Crippen LogP) is 2.34. The fourth-order valence-corrected chi connectivity index (χ4v) is 3.48. The molecule has 17 heteroatoms. The largest absolute Gasteiger partial charge is 0.490 e. The van der Waals surface area contributed by atoms with Crippen molar-refractivity contribution in [2.45, 2.75) is 19.3 Å². The van der Waals surface area contributed by atoms with Gasteiger partial charge in [0.1, 0.15) is 0 Å². The molecule has 0 saturated carbocycles. The summed E-state index contributed by atoms with van der Waals surface area (Å²) in [7, 11) is 0. The second-order valence-electron chi connectivity index (χ2n) is 9.48. The van der Waals surface area contributed by atoms with Crippen molar-refractivity contribution >= 4 is 41.2 Å². The maximum atomic E-state index is 12.5. The number of anilines is 2. The molecular weight excluding hydrogens is 625 g/mol. The third-order valence-electron chi connectivity index (χ3n) is 5.84. The van der Waals surface area contributed by atoms with Gasteiger partial charge in [-0.25, -0.2) is 14.4 Å². The van der Waals surface area contributed by atoms with Gasteiger partial charge in [0.15, 0.2) is 0 Å². The van der Waals surface area contributed by atoms with Crippen LogP contribution in [0.3, 0.4) is 0 Å². The van der Waals surface area contributed by atoms with Gasteiger partial charge in [-0.05, 0) is 59.7 Å². The summed E-state index contributed by atoms with van der Waals surface area (Å²) in [4.78, 5) is 57.4. The van der Waals surface area contributed by atoms with Crippen LogP contribution in [0.2, 0.25) is 0 Å². The third kappa shape index (κ3) is 14.3. The van der Waals surface area contributed by atoms with Gasteiger partial charge in [0.25, 0.3) is 11.8 Å². The highest BCUT2D eigenvalue weighted by Crippen LogP contribution is 2.13. The smallest absolute Gasteiger partial charge is 0.475 e. The number of halogens is 3. The van der Waals surface area contributed by atoms with E-state index in [1.54, 1.807) is 72.8 Å². The van der Waals surface area contributed by atoms with Gasteiger partial charge in [0.2, 0.25) is 0 Å². The summed E-state index contributed by atoms with van der Waals surface area (Å²) in [5.74, 6) is -3.31. The van der Waals surface area contributed by atoms with Gasteiger partial charge in [-0.15, -0.1) is 0 Å². The van der Waals surface area contributed by atoms with Gasteiger partial charge in [-0.1, -0.05) is 24.3 Å². The quantitative estimate of drug-likeness (QED) is 0.140. The minimum Gasteiger partial charge on any atom is -0.475 e. The fourth-order valence-electron chi connectivity index (χ4n) is 3.48. The van der Waals surface area contributed by atoms with Crippen molar-refractivity contribution in [3.8, 4) is 0 Å². The van der Waals surface area contributed by atoms with Crippen LogP contribution < -0.4 is 43.4 Å². The van der Waals surface area contributed by atoms with E-state index in [0.29, 0.717) is 61.8 Å². The number of nitrogens with two attached hydrogens (primary N) is 2. The Kier molecular flexibility index (Phi) is 15.1. The second-order valence-corrected chi connectivity index (χ2v) is 9.48. The van der Waals surface area contributed by atoms with Crippen LogP contribution in [0.5, 0.6) is 0 Å². The number of urea groups is 2. The van der Waals surface area contributed by atoms with Gasteiger partial charge in [0.05, 0.1) is 0 Å². The normalized spacial score (nSPS) is 10.4. The number of carbonyl (C=O) groups is 5. The standard InChI is InChI=1S/C28H34N8O4.C2HF3O2/c29-13-15-31-27(39)35-23-9-1-19(2-10-23)17-33-25(37)21-5-7-22(8-6-21)26(38)34-18-20-3-11-24(12-4-20)36-28(40)32-16-14-30;3-2(4,5)1(6)7/h1-12H,13-18,29-30H2,(H,33,37)(H,34,38)(H2,31,35,39)(H2,32,36,40);(H,6,7). The van der Waals surface area contributed by atoms with E-state index in [-0.39, 0.29) is 23.9 Å². The summed E-state index contributed by atoms with van der Waals surface area (Å²) in [5, 5.41) is 23.4. The molecule has 0 bridgehead atoms. The Balaban J connectivity index is 0.000000984. The summed E-state index contributed by atoms with van der Waals surface area (Å²) in [6.07, 6.45) is -5.08. The molecule has 0 aliphatic rings. The van der Waals surface area contributed by atoms with Crippen LogP contribution in [0.25, 0.3) is 0 Å². The van der Waals surface area contributed by atoms with Gasteiger partial charge >= 0.3 is 24.2 Å². The number of hydrogen-bond acceptors (Lipinski definition) is 7. The van der Waals surface area contributed by atoms with Gasteiger partial charge in [0, 0.05) is 61.8 Å². The molecule has 0 aromatic heterocycles. The molecule has 0 spiro atoms. The monoisotopic (exact) mass is 660 g/mol. The molecule has 0 heterocycles. The van der Waals surface area contributed by atoms with Crippen LogP contribution in [-0.2, 0) is 17.9 Å². The molecule has 14 nitrogen and oxygen atoms in total. The highest BCUT2D eigenvalue weighted by atomic mass is 19.4. The number of carboxylic acid groups (broad SMARTS) is 1. The van der Waals surface area contributed by atoms with E-state index in [4.69, 9.17) is 21.4 Å². The molecule has 0 radical (unpaired) electrons. The van der Waals surface area contributed by atoms with Crippen molar-refractivity contribution in [2.75, 3.05) is 36.8 Å². The van der Waals surface area contributed by atoms with Crippen LogP contribution in [0, 0.1) is 0 Å². The topological polar surface area (TPSA) is 230 Å². The summed E-state index contributed by atoms with van der Waals surface area (Å²) in [5.41, 5.74) is 14.5. The molecule has 0 aliphatic carbocycles. The van der Waals surface area contributed by atoms with Crippen LogP contribution in [0.1, 0.15) is 31.8 Å². The van der Waals surface area contributed by atoms with Crippen molar-refractivity contribution in [2.24, 2.45) is 11.5 Å². The van der Waals surface area contributed by atoms with E-state index in [1.165, 1.54) is 0 Å². The van der Waals surface area contributed by atoms with Crippen molar-refractivity contribution < 1.29 is 42.3 Å².